The van der Waals surface area contributed by atoms with Gasteiger partial charge in [0, 0.05) is 6.54 Å². The van der Waals surface area contributed by atoms with E-state index in [9.17, 15) is 9.59 Å². The minimum absolute atomic E-state index is 0.0380. The van der Waals surface area contributed by atoms with Crippen LogP contribution in [0.5, 0.6) is 0 Å². The van der Waals surface area contributed by atoms with Crippen molar-refractivity contribution in [2.45, 2.75) is 26.4 Å². The molecule has 3 aromatic rings. The number of nitrogens with one attached hydrogen (secondary N) is 1. The number of aromatic nitrogens is 2. The number of benzene rings is 2. The highest BCUT2D eigenvalue weighted by atomic mass is 16.2. The second kappa shape index (κ2) is 7.08. The molecule has 0 saturated carbocycles. The number of carbonyl (C=O) groups is 1. The Hall–Kier alpha value is -2.95. The van der Waals surface area contributed by atoms with Gasteiger partial charge in [0.15, 0.2) is 0 Å². The van der Waals surface area contributed by atoms with E-state index in [2.05, 4.69) is 29.4 Å². The van der Waals surface area contributed by atoms with E-state index in [1.807, 2.05) is 18.2 Å². The number of fused-ring (bicyclic) bond motifs is 1. The zero-order valence-corrected chi connectivity index (χ0v) is 13.5. The van der Waals surface area contributed by atoms with Crippen LogP contribution in [0.15, 0.2) is 59.7 Å². The monoisotopic (exact) mass is 321 g/mol. The molecule has 122 valence electrons. The summed E-state index contributed by atoms with van der Waals surface area (Å²) in [6, 6.07) is 15.2. The van der Waals surface area contributed by atoms with Crippen LogP contribution >= 0.6 is 0 Å². The second-order valence-corrected chi connectivity index (χ2v) is 5.64. The SMILES string of the molecule is CCc1ccc(CNC(=O)Cn2cnc3ccccc3c2=O)cc1. The molecule has 0 aliphatic heterocycles. The highest BCUT2D eigenvalue weighted by Gasteiger charge is 2.07. The smallest absolute Gasteiger partial charge is 0.261 e. The third-order valence-corrected chi connectivity index (χ3v) is 3.97. The Kier molecular flexibility index (Phi) is 4.70. The Bertz CT molecular complexity index is 914. The molecule has 1 aromatic heterocycles. The normalized spacial score (nSPS) is 10.7. The van der Waals surface area contributed by atoms with Crippen molar-refractivity contribution in [2.75, 3.05) is 0 Å². The van der Waals surface area contributed by atoms with Crippen molar-refractivity contribution in [3.05, 3.63) is 76.3 Å². The first kappa shape index (κ1) is 15.9. The van der Waals surface area contributed by atoms with Crippen LogP contribution in [0.1, 0.15) is 18.1 Å². The summed E-state index contributed by atoms with van der Waals surface area (Å²) in [5.41, 5.74) is 2.72. The molecule has 0 saturated heterocycles. The topological polar surface area (TPSA) is 64.0 Å². The van der Waals surface area contributed by atoms with Crippen LogP contribution in [0, 0.1) is 0 Å². The van der Waals surface area contributed by atoms with Gasteiger partial charge in [-0.15, -0.1) is 0 Å². The number of para-hydroxylation sites is 1. The second-order valence-electron chi connectivity index (χ2n) is 5.64. The maximum atomic E-state index is 12.4. The first-order chi connectivity index (χ1) is 11.7. The summed E-state index contributed by atoms with van der Waals surface area (Å²) in [6.45, 7) is 2.51. The first-order valence-corrected chi connectivity index (χ1v) is 7.96. The molecule has 0 aliphatic carbocycles. The average Bonchev–Trinajstić information content (AvgIpc) is 2.63. The molecular formula is C19H19N3O2. The van der Waals surface area contributed by atoms with Gasteiger partial charge in [-0.05, 0) is 29.7 Å². The highest BCUT2D eigenvalue weighted by Crippen LogP contribution is 2.06. The molecule has 24 heavy (non-hydrogen) atoms. The summed E-state index contributed by atoms with van der Waals surface area (Å²) in [6.07, 6.45) is 2.41. The molecule has 1 heterocycles. The Balaban J connectivity index is 1.66. The summed E-state index contributed by atoms with van der Waals surface area (Å²) < 4.78 is 1.33. The molecule has 0 fully saturated rings. The average molecular weight is 321 g/mol. The zero-order chi connectivity index (χ0) is 16.9. The molecular weight excluding hydrogens is 302 g/mol. The molecule has 0 bridgehead atoms. The number of amides is 1. The van der Waals surface area contributed by atoms with Crippen molar-refractivity contribution in [1.82, 2.24) is 14.9 Å². The van der Waals surface area contributed by atoms with Gasteiger partial charge < -0.3 is 5.32 Å². The summed E-state index contributed by atoms with van der Waals surface area (Å²) >= 11 is 0. The lowest BCUT2D eigenvalue weighted by molar-refractivity contribution is -0.121. The Morgan fingerprint density at radius 3 is 2.54 bits per heavy atom. The van der Waals surface area contributed by atoms with Gasteiger partial charge in [0.25, 0.3) is 5.56 Å². The number of rotatable bonds is 5. The maximum Gasteiger partial charge on any atom is 0.261 e. The summed E-state index contributed by atoms with van der Waals surface area (Å²) in [5.74, 6) is -0.214. The lowest BCUT2D eigenvalue weighted by Crippen LogP contribution is -2.32. The Morgan fingerprint density at radius 1 is 1.08 bits per heavy atom. The lowest BCUT2D eigenvalue weighted by atomic mass is 10.1. The van der Waals surface area contributed by atoms with E-state index in [1.54, 1.807) is 18.2 Å². The van der Waals surface area contributed by atoms with E-state index in [4.69, 9.17) is 0 Å². The summed E-state index contributed by atoms with van der Waals surface area (Å²) in [5, 5.41) is 3.35. The molecule has 1 N–H and O–H groups in total. The fourth-order valence-electron chi connectivity index (χ4n) is 2.52. The van der Waals surface area contributed by atoms with Crippen molar-refractivity contribution in [1.29, 1.82) is 0 Å². The minimum atomic E-state index is -0.214. The molecule has 0 radical (unpaired) electrons. The zero-order valence-electron chi connectivity index (χ0n) is 13.5. The maximum absolute atomic E-state index is 12.4. The number of nitrogens with zero attached hydrogens (tertiary/aromatic N) is 2. The third-order valence-electron chi connectivity index (χ3n) is 3.97. The van der Waals surface area contributed by atoms with Gasteiger partial charge >= 0.3 is 0 Å². The molecule has 3 rings (SSSR count). The van der Waals surface area contributed by atoms with Gasteiger partial charge in [0.05, 0.1) is 17.2 Å². The van der Waals surface area contributed by atoms with Crippen molar-refractivity contribution >= 4 is 16.8 Å². The van der Waals surface area contributed by atoms with Crippen molar-refractivity contribution in [2.24, 2.45) is 0 Å². The number of hydrogen-bond donors (Lipinski definition) is 1. The third kappa shape index (κ3) is 3.51. The number of aryl methyl sites for hydroxylation is 1. The quantitative estimate of drug-likeness (QED) is 0.784. The van der Waals surface area contributed by atoms with Gasteiger partial charge in [-0.2, -0.15) is 0 Å². The van der Waals surface area contributed by atoms with Gasteiger partial charge in [-0.1, -0.05) is 43.3 Å². The van der Waals surface area contributed by atoms with Gasteiger partial charge in [-0.3, -0.25) is 14.2 Å². The van der Waals surface area contributed by atoms with E-state index in [-0.39, 0.29) is 18.0 Å². The molecule has 0 spiro atoms. The Morgan fingerprint density at radius 2 is 1.79 bits per heavy atom. The van der Waals surface area contributed by atoms with Crippen molar-refractivity contribution < 1.29 is 4.79 Å². The predicted molar refractivity (Wildman–Crippen MR) is 93.7 cm³/mol. The van der Waals surface area contributed by atoms with Crippen molar-refractivity contribution in [3.8, 4) is 0 Å². The van der Waals surface area contributed by atoms with Gasteiger partial charge in [0.1, 0.15) is 6.54 Å². The van der Waals surface area contributed by atoms with Crippen LogP contribution in [0.25, 0.3) is 10.9 Å². The fourth-order valence-corrected chi connectivity index (χ4v) is 2.52. The van der Waals surface area contributed by atoms with E-state index in [1.165, 1.54) is 16.5 Å². The van der Waals surface area contributed by atoms with Crippen LogP contribution in [-0.2, 0) is 24.3 Å². The summed E-state index contributed by atoms with van der Waals surface area (Å²) in [7, 11) is 0. The standard InChI is InChI=1S/C19H19N3O2/c1-2-14-7-9-15(10-8-14)11-20-18(23)12-22-13-21-17-6-4-3-5-16(17)19(22)24/h3-10,13H,2,11-12H2,1H3,(H,20,23). The van der Waals surface area contributed by atoms with Crippen LogP contribution in [0.2, 0.25) is 0 Å². The number of hydrogen-bond acceptors (Lipinski definition) is 3. The van der Waals surface area contributed by atoms with E-state index < -0.39 is 0 Å². The van der Waals surface area contributed by atoms with Crippen LogP contribution in [-0.4, -0.2) is 15.5 Å². The first-order valence-electron chi connectivity index (χ1n) is 7.96. The molecule has 2 aromatic carbocycles. The fraction of sp³-hybridized carbons (Fsp3) is 0.211. The minimum Gasteiger partial charge on any atom is -0.350 e. The van der Waals surface area contributed by atoms with E-state index >= 15 is 0 Å². The largest absolute Gasteiger partial charge is 0.350 e. The molecule has 1 amide bonds. The molecule has 0 unspecified atom stereocenters. The molecule has 0 atom stereocenters. The van der Waals surface area contributed by atoms with E-state index in [0.717, 1.165) is 12.0 Å². The molecule has 5 nitrogen and oxygen atoms in total. The van der Waals surface area contributed by atoms with Crippen LogP contribution in [0.3, 0.4) is 0 Å². The van der Waals surface area contributed by atoms with Crippen molar-refractivity contribution in [3.63, 3.8) is 0 Å². The Labute approximate surface area is 140 Å². The predicted octanol–water partition coefficient (Wildman–Crippen LogP) is 2.28. The summed E-state index contributed by atoms with van der Waals surface area (Å²) in [4.78, 5) is 28.7. The molecule has 0 aliphatic rings. The van der Waals surface area contributed by atoms with Gasteiger partial charge in [0.2, 0.25) is 5.91 Å². The van der Waals surface area contributed by atoms with Crippen LogP contribution < -0.4 is 10.9 Å². The molecule has 5 heteroatoms. The van der Waals surface area contributed by atoms with E-state index in [0.29, 0.717) is 17.4 Å². The van der Waals surface area contributed by atoms with Gasteiger partial charge in [-0.25, -0.2) is 4.98 Å². The van der Waals surface area contributed by atoms with Crippen LogP contribution in [0.4, 0.5) is 0 Å². The highest BCUT2D eigenvalue weighted by molar-refractivity contribution is 5.78. The number of carbonyl (C=O) groups excluding carboxylic acids is 1. The lowest BCUT2D eigenvalue weighted by Gasteiger charge is -2.08.